The van der Waals surface area contributed by atoms with Crippen molar-refractivity contribution in [2.24, 2.45) is 0 Å². The van der Waals surface area contributed by atoms with E-state index >= 15 is 0 Å². The van der Waals surface area contributed by atoms with Crippen LogP contribution in [0.1, 0.15) is 24.5 Å². The van der Waals surface area contributed by atoms with E-state index < -0.39 is 0 Å². The molecule has 1 aromatic carbocycles. The van der Waals surface area contributed by atoms with Gasteiger partial charge in [0.15, 0.2) is 5.82 Å². The predicted molar refractivity (Wildman–Crippen MR) is 96.5 cm³/mol. The number of rotatable bonds is 7. The summed E-state index contributed by atoms with van der Waals surface area (Å²) in [5.74, 6) is 0.264. The molecule has 0 saturated heterocycles. The van der Waals surface area contributed by atoms with Crippen LogP contribution in [0.25, 0.3) is 12.2 Å². The molecule has 1 N–H and O–H groups in total. The van der Waals surface area contributed by atoms with E-state index in [9.17, 15) is 4.79 Å². The van der Waals surface area contributed by atoms with Gasteiger partial charge in [0.25, 0.3) is 0 Å². The van der Waals surface area contributed by atoms with Crippen LogP contribution < -0.4 is 5.32 Å². The first-order valence-electron chi connectivity index (χ1n) is 8.18. The molecule has 2 heterocycles. The van der Waals surface area contributed by atoms with E-state index in [1.165, 1.54) is 0 Å². The second-order valence-corrected chi connectivity index (χ2v) is 5.63. The smallest absolute Gasteiger partial charge is 0.247 e. The summed E-state index contributed by atoms with van der Waals surface area (Å²) in [6.45, 7) is 2.96. The van der Waals surface area contributed by atoms with E-state index in [2.05, 4.69) is 27.7 Å². The second-order valence-electron chi connectivity index (χ2n) is 5.63. The molecular weight excluding hydrogens is 316 g/mol. The molecule has 1 amide bonds. The molecule has 25 heavy (non-hydrogen) atoms. The minimum atomic E-state index is -0.190. The molecule has 0 unspecified atom stereocenters. The summed E-state index contributed by atoms with van der Waals surface area (Å²) in [5.41, 5.74) is 2.05. The van der Waals surface area contributed by atoms with Gasteiger partial charge in [-0.2, -0.15) is 5.10 Å². The largest absolute Gasteiger partial charge is 0.306 e. The van der Waals surface area contributed by atoms with E-state index in [4.69, 9.17) is 0 Å². The first-order valence-corrected chi connectivity index (χ1v) is 8.18. The highest BCUT2D eigenvalue weighted by atomic mass is 16.2. The summed E-state index contributed by atoms with van der Waals surface area (Å²) in [4.78, 5) is 12.1. The Morgan fingerprint density at radius 2 is 1.92 bits per heavy atom. The standard InChI is InChI=1S/C18H20N6O/c1-2-10-23-13-17(21-22-23)20-18(25)14-24-12-16(11-19-24)9-8-15-6-4-3-5-7-15/h3-9,11-13H,2,10,14H2,1H3,(H,20,25)/b9-8+. The molecular formula is C18H20N6O. The minimum Gasteiger partial charge on any atom is -0.306 e. The Bertz CT molecular complexity index is 849. The number of anilines is 1. The van der Waals surface area contributed by atoms with Gasteiger partial charge >= 0.3 is 0 Å². The summed E-state index contributed by atoms with van der Waals surface area (Å²) in [6.07, 6.45) is 10.2. The van der Waals surface area contributed by atoms with Crippen LogP contribution in [-0.2, 0) is 17.9 Å². The third kappa shape index (κ3) is 4.87. The molecule has 0 fully saturated rings. The van der Waals surface area contributed by atoms with Crippen LogP contribution in [0.5, 0.6) is 0 Å². The molecule has 3 rings (SSSR count). The van der Waals surface area contributed by atoms with Crippen molar-refractivity contribution in [1.29, 1.82) is 0 Å². The Morgan fingerprint density at radius 1 is 1.12 bits per heavy atom. The first kappa shape index (κ1) is 16.6. The normalized spacial score (nSPS) is 11.1. The van der Waals surface area contributed by atoms with Gasteiger partial charge in [0.05, 0.1) is 12.4 Å². The summed E-state index contributed by atoms with van der Waals surface area (Å²) >= 11 is 0. The lowest BCUT2D eigenvalue weighted by Gasteiger charge is -2.01. The molecule has 0 atom stereocenters. The molecule has 0 aliphatic heterocycles. The van der Waals surface area contributed by atoms with Crippen LogP contribution in [0.4, 0.5) is 5.82 Å². The SMILES string of the molecule is CCCn1cc(NC(=O)Cn2cc(/C=C/c3ccccc3)cn2)nn1. The zero-order valence-corrected chi connectivity index (χ0v) is 14.0. The molecule has 0 saturated carbocycles. The summed E-state index contributed by atoms with van der Waals surface area (Å²) in [7, 11) is 0. The number of nitrogens with zero attached hydrogens (tertiary/aromatic N) is 5. The lowest BCUT2D eigenvalue weighted by atomic mass is 10.2. The van der Waals surface area contributed by atoms with Gasteiger partial charge in [0, 0.05) is 18.3 Å². The zero-order valence-electron chi connectivity index (χ0n) is 14.0. The van der Waals surface area contributed by atoms with Crippen LogP contribution in [0.3, 0.4) is 0 Å². The molecule has 0 aliphatic rings. The van der Waals surface area contributed by atoms with Crippen molar-refractivity contribution in [3.05, 3.63) is 60.0 Å². The Labute approximate surface area is 146 Å². The monoisotopic (exact) mass is 336 g/mol. The van der Waals surface area contributed by atoms with Crippen molar-refractivity contribution in [3.8, 4) is 0 Å². The number of nitrogens with one attached hydrogen (secondary N) is 1. The quantitative estimate of drug-likeness (QED) is 0.719. The van der Waals surface area contributed by atoms with Crippen molar-refractivity contribution in [1.82, 2.24) is 24.8 Å². The highest BCUT2D eigenvalue weighted by Gasteiger charge is 2.07. The molecule has 3 aromatic rings. The van der Waals surface area contributed by atoms with Gasteiger partial charge in [0.1, 0.15) is 6.54 Å². The summed E-state index contributed by atoms with van der Waals surface area (Å²) in [6, 6.07) is 10.0. The lowest BCUT2D eigenvalue weighted by molar-refractivity contribution is -0.116. The van der Waals surface area contributed by atoms with E-state index in [0.717, 1.165) is 24.1 Å². The molecule has 2 aromatic heterocycles. The Kier molecular flexibility index (Phi) is 5.36. The van der Waals surface area contributed by atoms with Gasteiger partial charge in [-0.25, -0.2) is 0 Å². The van der Waals surface area contributed by atoms with Gasteiger partial charge < -0.3 is 5.32 Å². The van der Waals surface area contributed by atoms with Gasteiger partial charge in [-0.05, 0) is 12.0 Å². The topological polar surface area (TPSA) is 77.6 Å². The van der Waals surface area contributed by atoms with Gasteiger partial charge in [-0.15, -0.1) is 5.10 Å². The molecule has 0 radical (unpaired) electrons. The number of benzene rings is 1. The number of carbonyl (C=O) groups is 1. The molecule has 7 heteroatoms. The van der Waals surface area contributed by atoms with Crippen LogP contribution in [-0.4, -0.2) is 30.7 Å². The number of aromatic nitrogens is 5. The Balaban J connectivity index is 1.55. The zero-order chi connectivity index (χ0) is 17.5. The average Bonchev–Trinajstić information content (AvgIpc) is 3.24. The van der Waals surface area contributed by atoms with Crippen LogP contribution in [0.15, 0.2) is 48.9 Å². The van der Waals surface area contributed by atoms with E-state index in [1.54, 1.807) is 21.8 Å². The molecule has 7 nitrogen and oxygen atoms in total. The van der Waals surface area contributed by atoms with Crippen molar-refractivity contribution in [2.75, 3.05) is 5.32 Å². The van der Waals surface area contributed by atoms with Gasteiger partial charge in [0.2, 0.25) is 5.91 Å². The maximum atomic E-state index is 12.1. The second kappa shape index (κ2) is 8.05. The fourth-order valence-corrected chi connectivity index (χ4v) is 2.33. The van der Waals surface area contributed by atoms with Crippen molar-refractivity contribution in [2.45, 2.75) is 26.4 Å². The minimum absolute atomic E-state index is 0.125. The number of hydrogen-bond donors (Lipinski definition) is 1. The molecule has 0 spiro atoms. The van der Waals surface area contributed by atoms with Crippen molar-refractivity contribution < 1.29 is 4.79 Å². The third-order valence-electron chi connectivity index (χ3n) is 3.49. The fraction of sp³-hybridized carbons (Fsp3) is 0.222. The van der Waals surface area contributed by atoms with Crippen LogP contribution >= 0.6 is 0 Å². The molecule has 128 valence electrons. The highest BCUT2D eigenvalue weighted by molar-refractivity contribution is 5.89. The highest BCUT2D eigenvalue weighted by Crippen LogP contribution is 2.07. The van der Waals surface area contributed by atoms with E-state index in [0.29, 0.717) is 5.82 Å². The maximum absolute atomic E-state index is 12.1. The Hall–Kier alpha value is -3.22. The number of hydrogen-bond acceptors (Lipinski definition) is 4. The predicted octanol–water partition coefficient (Wildman–Crippen LogP) is 2.69. The summed E-state index contributed by atoms with van der Waals surface area (Å²) < 4.78 is 3.30. The van der Waals surface area contributed by atoms with Crippen molar-refractivity contribution in [3.63, 3.8) is 0 Å². The fourth-order valence-electron chi connectivity index (χ4n) is 2.33. The maximum Gasteiger partial charge on any atom is 0.247 e. The number of carbonyl (C=O) groups excluding carboxylic acids is 1. The number of amides is 1. The van der Waals surface area contributed by atoms with Gasteiger partial charge in [-0.3, -0.25) is 14.2 Å². The van der Waals surface area contributed by atoms with Gasteiger partial charge in [-0.1, -0.05) is 54.6 Å². The molecule has 0 aliphatic carbocycles. The van der Waals surface area contributed by atoms with E-state index in [1.807, 2.05) is 48.7 Å². The average molecular weight is 336 g/mol. The van der Waals surface area contributed by atoms with E-state index in [-0.39, 0.29) is 12.5 Å². The number of aryl methyl sites for hydroxylation is 1. The Morgan fingerprint density at radius 3 is 2.72 bits per heavy atom. The third-order valence-corrected chi connectivity index (χ3v) is 3.49. The van der Waals surface area contributed by atoms with Crippen LogP contribution in [0.2, 0.25) is 0 Å². The summed E-state index contributed by atoms with van der Waals surface area (Å²) in [5, 5.41) is 14.8. The van der Waals surface area contributed by atoms with Crippen molar-refractivity contribution >= 4 is 23.9 Å². The molecule has 0 bridgehead atoms. The van der Waals surface area contributed by atoms with Crippen LogP contribution in [0, 0.1) is 0 Å². The first-order chi connectivity index (χ1) is 12.2. The lowest BCUT2D eigenvalue weighted by Crippen LogP contribution is -2.19.